The van der Waals surface area contributed by atoms with E-state index in [1.54, 1.807) is 11.8 Å². The van der Waals surface area contributed by atoms with E-state index in [-0.39, 0.29) is 5.69 Å². The monoisotopic (exact) mass is 472 g/mol. The van der Waals surface area contributed by atoms with Crippen LogP contribution < -0.4 is 9.62 Å². The molecule has 0 unspecified atom stereocenters. The van der Waals surface area contributed by atoms with Crippen molar-refractivity contribution in [3.8, 4) is 0 Å². The van der Waals surface area contributed by atoms with E-state index in [9.17, 15) is 26.4 Å². The molecule has 0 aromatic heterocycles. The minimum absolute atomic E-state index is 0.271. The van der Waals surface area contributed by atoms with Gasteiger partial charge in [0.05, 0.1) is 22.5 Å². The third-order valence-electron chi connectivity index (χ3n) is 4.66. The first-order chi connectivity index (χ1) is 13.4. The summed E-state index contributed by atoms with van der Waals surface area (Å²) in [5, 5.41) is 2.71. The second-order valence-electron chi connectivity index (χ2n) is 6.96. The van der Waals surface area contributed by atoms with Crippen molar-refractivity contribution in [2.75, 3.05) is 22.9 Å². The van der Waals surface area contributed by atoms with Gasteiger partial charge in [-0.2, -0.15) is 24.9 Å². The van der Waals surface area contributed by atoms with Crippen LogP contribution in [0.5, 0.6) is 0 Å². The molecule has 1 aliphatic carbocycles. The largest absolute Gasteiger partial charge is 0.417 e. The first kappa shape index (κ1) is 24.1. The molecule has 2 rings (SSSR count). The quantitative estimate of drug-likeness (QED) is 0.573. The highest BCUT2D eigenvalue weighted by Gasteiger charge is 2.36. The topological polar surface area (TPSA) is 66.5 Å². The van der Waals surface area contributed by atoms with Gasteiger partial charge in [0.1, 0.15) is 6.04 Å². The average molecular weight is 473 g/mol. The van der Waals surface area contributed by atoms with E-state index in [0.717, 1.165) is 31.2 Å². The summed E-state index contributed by atoms with van der Waals surface area (Å²) in [4.78, 5) is 12.5. The fourth-order valence-corrected chi connectivity index (χ4v) is 5.89. The van der Waals surface area contributed by atoms with Crippen LogP contribution in [0.15, 0.2) is 18.2 Å². The predicted molar refractivity (Wildman–Crippen MR) is 111 cm³/mol. The maximum absolute atomic E-state index is 13.1. The van der Waals surface area contributed by atoms with Crippen LogP contribution in [0.2, 0.25) is 5.02 Å². The lowest BCUT2D eigenvalue weighted by atomic mass is 10.1. The van der Waals surface area contributed by atoms with Gasteiger partial charge >= 0.3 is 6.18 Å². The van der Waals surface area contributed by atoms with Gasteiger partial charge in [-0.3, -0.25) is 9.10 Å². The van der Waals surface area contributed by atoms with Crippen LogP contribution >= 0.6 is 23.4 Å². The fraction of sp³-hybridized carbons (Fsp3) is 0.611. The van der Waals surface area contributed by atoms with Crippen molar-refractivity contribution in [3.05, 3.63) is 28.8 Å². The molecule has 1 atom stereocenters. The number of benzene rings is 1. The van der Waals surface area contributed by atoms with Crippen molar-refractivity contribution in [3.63, 3.8) is 0 Å². The number of alkyl halides is 3. The maximum Gasteiger partial charge on any atom is 0.417 e. The Bertz CT molecular complexity index is 828. The molecule has 1 aliphatic rings. The standard InChI is InChI=1S/C18H24ClF3N2O3S2/c1-12(17(25)23-9-10-28-14-5-3-4-6-14)24(29(2,26)27)13-7-8-16(19)15(11-13)18(20,21)22/h7-8,11-12,14H,3-6,9-10H2,1-2H3,(H,23,25)/t12-/m1/s1. The lowest BCUT2D eigenvalue weighted by Crippen LogP contribution is -2.48. The van der Waals surface area contributed by atoms with E-state index < -0.39 is 38.7 Å². The number of thioether (sulfide) groups is 1. The van der Waals surface area contributed by atoms with Gasteiger partial charge in [0.25, 0.3) is 0 Å². The highest BCUT2D eigenvalue weighted by atomic mass is 35.5. The molecule has 164 valence electrons. The van der Waals surface area contributed by atoms with E-state index in [4.69, 9.17) is 11.6 Å². The molecule has 1 saturated carbocycles. The van der Waals surface area contributed by atoms with Gasteiger partial charge in [-0.25, -0.2) is 8.42 Å². The number of nitrogens with zero attached hydrogens (tertiary/aromatic N) is 1. The average Bonchev–Trinajstić information content (AvgIpc) is 3.11. The van der Waals surface area contributed by atoms with Gasteiger partial charge in [-0.1, -0.05) is 24.4 Å². The first-order valence-electron chi connectivity index (χ1n) is 9.16. The molecule has 1 fully saturated rings. The van der Waals surface area contributed by atoms with Crippen molar-refractivity contribution in [2.45, 2.75) is 50.1 Å². The Balaban J connectivity index is 2.12. The van der Waals surface area contributed by atoms with Crippen LogP contribution in [0.4, 0.5) is 18.9 Å². The van der Waals surface area contributed by atoms with Crippen molar-refractivity contribution >= 4 is 45.0 Å². The van der Waals surface area contributed by atoms with Crippen molar-refractivity contribution in [1.82, 2.24) is 5.32 Å². The molecule has 0 heterocycles. The number of sulfonamides is 1. The molecule has 1 aromatic rings. The number of carbonyl (C=O) groups excluding carboxylic acids is 1. The Morgan fingerprint density at radius 3 is 2.52 bits per heavy atom. The van der Waals surface area contributed by atoms with Crippen LogP contribution in [0, 0.1) is 0 Å². The van der Waals surface area contributed by atoms with Crippen LogP contribution in [0.25, 0.3) is 0 Å². The smallest absolute Gasteiger partial charge is 0.353 e. The fourth-order valence-electron chi connectivity index (χ4n) is 3.28. The zero-order valence-electron chi connectivity index (χ0n) is 16.1. The summed E-state index contributed by atoms with van der Waals surface area (Å²) in [6, 6.07) is 1.55. The number of halogens is 4. The summed E-state index contributed by atoms with van der Waals surface area (Å²) >= 11 is 7.38. The first-order valence-corrected chi connectivity index (χ1v) is 12.4. The van der Waals surface area contributed by atoms with E-state index in [0.29, 0.717) is 27.9 Å². The van der Waals surface area contributed by atoms with E-state index in [2.05, 4.69) is 5.32 Å². The van der Waals surface area contributed by atoms with E-state index >= 15 is 0 Å². The molecule has 0 radical (unpaired) electrons. The highest BCUT2D eigenvalue weighted by molar-refractivity contribution is 7.99. The zero-order valence-corrected chi connectivity index (χ0v) is 18.5. The molecule has 0 aliphatic heterocycles. The molecule has 0 spiro atoms. The second kappa shape index (κ2) is 9.78. The van der Waals surface area contributed by atoms with E-state index in [1.165, 1.54) is 19.8 Å². The van der Waals surface area contributed by atoms with Gasteiger partial charge in [-0.05, 0) is 38.0 Å². The predicted octanol–water partition coefficient (Wildman–Crippen LogP) is 4.31. The molecule has 0 saturated heterocycles. The molecular formula is C18H24ClF3N2O3S2. The minimum Gasteiger partial charge on any atom is -0.353 e. The number of anilines is 1. The number of carbonyl (C=O) groups is 1. The third-order valence-corrected chi connectivity index (χ3v) is 7.61. The zero-order chi connectivity index (χ0) is 21.8. The molecule has 0 bridgehead atoms. The summed E-state index contributed by atoms with van der Waals surface area (Å²) in [5.41, 5.74) is -1.43. The molecular weight excluding hydrogens is 449 g/mol. The van der Waals surface area contributed by atoms with Gasteiger partial charge in [0.15, 0.2) is 0 Å². The Morgan fingerprint density at radius 1 is 1.34 bits per heavy atom. The molecule has 1 N–H and O–H groups in total. The van der Waals surface area contributed by atoms with Crippen LogP contribution in [-0.2, 0) is 21.0 Å². The van der Waals surface area contributed by atoms with Gasteiger partial charge in [0, 0.05) is 17.5 Å². The van der Waals surface area contributed by atoms with Crippen molar-refractivity contribution in [1.29, 1.82) is 0 Å². The number of hydrogen-bond donors (Lipinski definition) is 1. The van der Waals surface area contributed by atoms with Crippen molar-refractivity contribution in [2.24, 2.45) is 0 Å². The molecule has 11 heteroatoms. The summed E-state index contributed by atoms with van der Waals surface area (Å²) in [6.45, 7) is 1.69. The second-order valence-corrected chi connectivity index (χ2v) is 10.6. The van der Waals surface area contributed by atoms with Gasteiger partial charge in [-0.15, -0.1) is 0 Å². The SMILES string of the molecule is C[C@H](C(=O)NCCSC1CCCC1)N(c1ccc(Cl)c(C(F)(F)F)c1)S(C)(=O)=O. The van der Waals surface area contributed by atoms with E-state index in [1.807, 2.05) is 0 Å². The van der Waals surface area contributed by atoms with Crippen molar-refractivity contribution < 1.29 is 26.4 Å². The Morgan fingerprint density at radius 2 is 1.97 bits per heavy atom. The lowest BCUT2D eigenvalue weighted by molar-refractivity contribution is -0.137. The Labute approximate surface area is 178 Å². The summed E-state index contributed by atoms with van der Waals surface area (Å²) in [7, 11) is -4.02. The number of rotatable bonds is 8. The number of amides is 1. The molecule has 1 amide bonds. The maximum atomic E-state index is 13.1. The Hall–Kier alpha value is -1.13. The number of nitrogens with one attached hydrogen (secondary N) is 1. The number of hydrogen-bond acceptors (Lipinski definition) is 4. The van der Waals surface area contributed by atoms with Crippen LogP contribution in [-0.4, -0.2) is 44.2 Å². The van der Waals surface area contributed by atoms with Crippen LogP contribution in [0.1, 0.15) is 38.2 Å². The molecule has 5 nitrogen and oxygen atoms in total. The summed E-state index contributed by atoms with van der Waals surface area (Å²) in [5.74, 6) is 0.118. The van der Waals surface area contributed by atoms with Gasteiger partial charge in [0.2, 0.25) is 15.9 Å². The molecule has 1 aromatic carbocycles. The van der Waals surface area contributed by atoms with Gasteiger partial charge < -0.3 is 5.32 Å². The minimum atomic E-state index is -4.75. The summed E-state index contributed by atoms with van der Waals surface area (Å²) in [6.07, 6.45) is 0.842. The lowest BCUT2D eigenvalue weighted by Gasteiger charge is -2.29. The molecule has 29 heavy (non-hydrogen) atoms. The van der Waals surface area contributed by atoms with Crippen LogP contribution in [0.3, 0.4) is 0 Å². The Kier molecular flexibility index (Phi) is 8.15. The third kappa shape index (κ3) is 6.68. The normalized spacial score (nSPS) is 16.6. The highest BCUT2D eigenvalue weighted by Crippen LogP contribution is 2.37. The summed E-state index contributed by atoms with van der Waals surface area (Å²) < 4.78 is 64.6.